The molecule has 2 spiro atoms. The lowest BCUT2D eigenvalue weighted by atomic mass is 9.45. The van der Waals surface area contributed by atoms with Crippen LogP contribution in [0.2, 0.25) is 0 Å². The van der Waals surface area contributed by atoms with Crippen molar-refractivity contribution in [3.05, 3.63) is 0 Å². The Kier molecular flexibility index (Phi) is 9.07. The Morgan fingerprint density at radius 2 is 1.72 bits per heavy atom. The van der Waals surface area contributed by atoms with Crippen molar-refractivity contribution in [2.45, 2.75) is 149 Å². The van der Waals surface area contributed by atoms with Crippen LogP contribution < -0.4 is 0 Å². The molecular formula is C37H62O9. The Morgan fingerprint density at radius 3 is 2.35 bits per heavy atom. The van der Waals surface area contributed by atoms with Crippen LogP contribution in [0.4, 0.5) is 0 Å². The van der Waals surface area contributed by atoms with Crippen LogP contribution in [0.1, 0.15) is 107 Å². The Balaban J connectivity index is 1.26. The molecule has 9 heteroatoms. The highest BCUT2D eigenvalue weighted by molar-refractivity contribution is 5.66. The highest BCUT2D eigenvalue weighted by atomic mass is 16.7. The fraction of sp³-hybridized carbons (Fsp3) is 0.973. The lowest BCUT2D eigenvalue weighted by molar-refractivity contribution is -0.234. The van der Waals surface area contributed by atoms with Gasteiger partial charge in [0.25, 0.3) is 0 Å². The molecule has 4 N–H and O–H groups in total. The van der Waals surface area contributed by atoms with E-state index in [1.54, 1.807) is 13.8 Å². The fourth-order valence-corrected chi connectivity index (χ4v) is 13.6. The van der Waals surface area contributed by atoms with Crippen LogP contribution in [-0.2, 0) is 23.7 Å². The van der Waals surface area contributed by atoms with Gasteiger partial charge in [-0.1, -0.05) is 34.6 Å². The number of hydrogen-bond acceptors (Lipinski definition) is 9. The minimum absolute atomic E-state index is 0.0145. The van der Waals surface area contributed by atoms with E-state index in [1.807, 2.05) is 0 Å². The summed E-state index contributed by atoms with van der Waals surface area (Å²) >= 11 is 0. The smallest absolute Gasteiger partial charge is 0.303 e. The van der Waals surface area contributed by atoms with Gasteiger partial charge >= 0.3 is 5.97 Å². The first-order chi connectivity index (χ1) is 21.5. The normalized spacial score (nSPS) is 48.6. The number of aliphatic hydroxyl groups is 4. The van der Waals surface area contributed by atoms with E-state index >= 15 is 0 Å². The van der Waals surface area contributed by atoms with Gasteiger partial charge in [0.05, 0.1) is 43.2 Å². The first-order valence-corrected chi connectivity index (χ1v) is 18.2. The first-order valence-electron chi connectivity index (χ1n) is 18.2. The van der Waals surface area contributed by atoms with Gasteiger partial charge in [-0.2, -0.15) is 0 Å². The molecule has 1 aliphatic heterocycles. The van der Waals surface area contributed by atoms with Crippen molar-refractivity contribution in [2.24, 2.45) is 57.2 Å². The molecule has 0 amide bonds. The van der Waals surface area contributed by atoms with Crippen molar-refractivity contribution < 1.29 is 44.2 Å². The first kappa shape index (κ1) is 35.0. The monoisotopic (exact) mass is 650 g/mol. The van der Waals surface area contributed by atoms with Gasteiger partial charge in [-0.3, -0.25) is 4.79 Å². The van der Waals surface area contributed by atoms with Crippen LogP contribution in [0.25, 0.3) is 0 Å². The Bertz CT molecular complexity index is 1140. The highest BCUT2D eigenvalue weighted by Gasteiger charge is 2.85. The average Bonchev–Trinajstić information content (AvgIpc) is 3.40. The molecule has 15 atom stereocenters. The molecule has 0 aromatic rings. The summed E-state index contributed by atoms with van der Waals surface area (Å²) in [5.74, 6) is 1.68. The molecule has 1 heterocycles. The maximum atomic E-state index is 12.3. The van der Waals surface area contributed by atoms with E-state index in [9.17, 15) is 25.2 Å². The third-order valence-electron chi connectivity index (χ3n) is 15.0. The molecule has 7 unspecified atom stereocenters. The second-order valence-corrected chi connectivity index (χ2v) is 17.6. The van der Waals surface area contributed by atoms with Crippen LogP contribution in [0.15, 0.2) is 0 Å². The largest absolute Gasteiger partial charge is 0.457 e. The minimum atomic E-state index is -1.26. The molecule has 0 aromatic heterocycles. The summed E-state index contributed by atoms with van der Waals surface area (Å²) < 4.78 is 24.8. The zero-order valence-corrected chi connectivity index (χ0v) is 29.5. The molecule has 264 valence electrons. The molecule has 1 saturated heterocycles. The molecule has 6 fully saturated rings. The molecule has 6 aliphatic rings. The molecule has 9 nitrogen and oxygen atoms in total. The quantitative estimate of drug-likeness (QED) is 0.200. The Morgan fingerprint density at radius 1 is 1.00 bits per heavy atom. The summed E-state index contributed by atoms with van der Waals surface area (Å²) in [5, 5.41) is 42.3. The van der Waals surface area contributed by atoms with Crippen LogP contribution in [0.5, 0.6) is 0 Å². The fourth-order valence-electron chi connectivity index (χ4n) is 13.6. The van der Waals surface area contributed by atoms with Crippen molar-refractivity contribution in [3.8, 4) is 0 Å². The average molecular weight is 651 g/mol. The summed E-state index contributed by atoms with van der Waals surface area (Å²) in [6, 6.07) is 0. The van der Waals surface area contributed by atoms with E-state index in [0.717, 1.165) is 32.1 Å². The van der Waals surface area contributed by atoms with Gasteiger partial charge < -0.3 is 39.4 Å². The van der Waals surface area contributed by atoms with Gasteiger partial charge in [0, 0.05) is 20.0 Å². The standard InChI is InChI=1S/C37H62O9/c1-20-19-24(32(34(6,7)42)44-22(3)40)45-31-28(20)35(8)14-15-36-21(2)37(36)13-11-26(46-27(12-16-38)43-18-17-39)33(4,5)25(37)10-9-23(36)29(35)30(31)41/h20-21,23-32,38-39,41-42H,9-19H2,1-8H3/t20?,21-,23-,24+,25?,26-,27?,28?,29?,30?,31-,32-,35+,36-,37?/m0/s1. The van der Waals surface area contributed by atoms with Gasteiger partial charge in [0.2, 0.25) is 0 Å². The summed E-state index contributed by atoms with van der Waals surface area (Å²) in [6.07, 6.45) is 4.86. The van der Waals surface area contributed by atoms with Crippen LogP contribution >= 0.6 is 0 Å². The minimum Gasteiger partial charge on any atom is -0.457 e. The predicted molar refractivity (Wildman–Crippen MR) is 171 cm³/mol. The van der Waals surface area contributed by atoms with Crippen LogP contribution in [0, 0.1) is 57.2 Å². The van der Waals surface area contributed by atoms with Crippen LogP contribution in [0.3, 0.4) is 0 Å². The van der Waals surface area contributed by atoms with E-state index in [-0.39, 0.29) is 71.4 Å². The second-order valence-electron chi connectivity index (χ2n) is 17.6. The van der Waals surface area contributed by atoms with Crippen molar-refractivity contribution in [1.82, 2.24) is 0 Å². The molecule has 5 aliphatic carbocycles. The van der Waals surface area contributed by atoms with E-state index in [2.05, 4.69) is 34.6 Å². The van der Waals surface area contributed by atoms with Crippen molar-refractivity contribution in [2.75, 3.05) is 19.8 Å². The second kappa shape index (κ2) is 11.9. The van der Waals surface area contributed by atoms with Gasteiger partial charge in [-0.25, -0.2) is 0 Å². The number of hydrogen-bond donors (Lipinski definition) is 4. The third-order valence-corrected chi connectivity index (χ3v) is 15.0. The van der Waals surface area contributed by atoms with E-state index in [4.69, 9.17) is 18.9 Å². The van der Waals surface area contributed by atoms with Crippen LogP contribution in [-0.4, -0.2) is 88.6 Å². The third kappa shape index (κ3) is 4.91. The highest BCUT2D eigenvalue weighted by Crippen LogP contribution is 2.89. The molecule has 6 rings (SSSR count). The van der Waals surface area contributed by atoms with Gasteiger partial charge in [-0.15, -0.1) is 0 Å². The van der Waals surface area contributed by atoms with Crippen molar-refractivity contribution in [1.29, 1.82) is 0 Å². The predicted octanol–water partition coefficient (Wildman–Crippen LogP) is 4.46. The number of carbonyl (C=O) groups excluding carboxylic acids is 1. The maximum Gasteiger partial charge on any atom is 0.303 e. The number of carbonyl (C=O) groups is 1. The SMILES string of the molecule is CC(=O)O[C@@H]([C@H]1CC(C)C2[C@H](O1)C(O)C1[C@@H]3CCC4C(C)(C)[C@@H](OC(CCO)OCCO)CCC45[C@@H](C)[C@@]35CC[C@]21C)C(C)(C)O. The van der Waals surface area contributed by atoms with E-state index < -0.39 is 36.2 Å². The Hall–Kier alpha value is -0.810. The summed E-state index contributed by atoms with van der Waals surface area (Å²) in [6.45, 7) is 16.7. The van der Waals surface area contributed by atoms with Crippen molar-refractivity contribution >= 4 is 5.97 Å². The lowest BCUT2D eigenvalue weighted by Gasteiger charge is -2.60. The number of ether oxygens (including phenoxy) is 4. The van der Waals surface area contributed by atoms with Gasteiger partial charge in [0.15, 0.2) is 12.4 Å². The topological polar surface area (TPSA) is 135 Å². The zero-order valence-electron chi connectivity index (χ0n) is 29.5. The number of aliphatic hydroxyl groups excluding tert-OH is 3. The van der Waals surface area contributed by atoms with E-state index in [1.165, 1.54) is 13.3 Å². The van der Waals surface area contributed by atoms with Gasteiger partial charge in [-0.05, 0) is 116 Å². The summed E-state index contributed by atoms with van der Waals surface area (Å²) in [4.78, 5) is 12.0. The molecule has 0 bridgehead atoms. The summed E-state index contributed by atoms with van der Waals surface area (Å²) in [7, 11) is 0. The Labute approximate surface area is 276 Å². The molecule has 0 radical (unpaired) electrons. The zero-order chi connectivity index (χ0) is 33.6. The number of fused-ring (bicyclic) bond motifs is 4. The molecular weight excluding hydrogens is 588 g/mol. The van der Waals surface area contributed by atoms with Crippen molar-refractivity contribution in [3.63, 3.8) is 0 Å². The number of rotatable bonds is 10. The van der Waals surface area contributed by atoms with E-state index in [0.29, 0.717) is 30.6 Å². The molecule has 46 heavy (non-hydrogen) atoms. The lowest BCUT2D eigenvalue weighted by Crippen LogP contribution is -2.56. The maximum absolute atomic E-state index is 12.3. The molecule has 5 saturated carbocycles. The molecule has 0 aromatic carbocycles. The summed E-state index contributed by atoms with van der Waals surface area (Å²) in [5.41, 5.74) is -0.953. The van der Waals surface area contributed by atoms with Gasteiger partial charge in [0.1, 0.15) is 0 Å². The number of esters is 1.